The predicted octanol–water partition coefficient (Wildman–Crippen LogP) is 3.13. The molecule has 2 aromatic rings. The van der Waals surface area contributed by atoms with Crippen LogP contribution in [0.4, 0.5) is 8.78 Å². The molecule has 0 aliphatic carbocycles. The van der Waals surface area contributed by atoms with E-state index in [0.29, 0.717) is 6.54 Å². The summed E-state index contributed by atoms with van der Waals surface area (Å²) in [5, 5.41) is 0. The first kappa shape index (κ1) is 14.5. The molecular weight excluding hydrogens is 264 g/mol. The molecule has 0 aliphatic rings. The second-order valence-electron chi connectivity index (χ2n) is 4.56. The average Bonchev–Trinajstić information content (AvgIpc) is 2.89. The van der Waals surface area contributed by atoms with E-state index in [4.69, 9.17) is 5.73 Å². The summed E-state index contributed by atoms with van der Waals surface area (Å²) in [6.07, 6.45) is 2.58. The molecule has 108 valence electrons. The van der Waals surface area contributed by atoms with Crippen LogP contribution in [-0.4, -0.2) is 23.1 Å². The fourth-order valence-electron chi connectivity index (χ4n) is 1.94. The second-order valence-corrected chi connectivity index (χ2v) is 4.56. The number of imidazole rings is 1. The topological polar surface area (TPSA) is 63.9 Å². The van der Waals surface area contributed by atoms with Gasteiger partial charge in [-0.3, -0.25) is 0 Å². The number of alkyl halides is 2. The number of aromatic amines is 1. The van der Waals surface area contributed by atoms with E-state index < -0.39 is 6.61 Å². The van der Waals surface area contributed by atoms with Gasteiger partial charge in [0.25, 0.3) is 0 Å². The second kappa shape index (κ2) is 6.47. The molecule has 0 saturated heterocycles. The van der Waals surface area contributed by atoms with Crippen LogP contribution in [-0.2, 0) is 0 Å². The summed E-state index contributed by atoms with van der Waals surface area (Å²) in [7, 11) is 0. The zero-order valence-electron chi connectivity index (χ0n) is 11.1. The number of nitrogens with two attached hydrogens (primary N) is 1. The third-order valence-electron chi connectivity index (χ3n) is 3.05. The summed E-state index contributed by atoms with van der Waals surface area (Å²) in [4.78, 5) is 7.54. The van der Waals surface area contributed by atoms with E-state index in [1.165, 1.54) is 12.1 Å². The number of nitrogens with zero attached hydrogens (tertiary/aromatic N) is 1. The Morgan fingerprint density at radius 1 is 1.30 bits per heavy atom. The largest absolute Gasteiger partial charge is 0.435 e. The van der Waals surface area contributed by atoms with E-state index in [2.05, 4.69) is 21.6 Å². The van der Waals surface area contributed by atoms with Crippen LogP contribution in [0.5, 0.6) is 5.75 Å². The molecule has 4 nitrogen and oxygen atoms in total. The van der Waals surface area contributed by atoms with Gasteiger partial charge in [-0.05, 0) is 42.8 Å². The van der Waals surface area contributed by atoms with Crippen LogP contribution in [0, 0.1) is 0 Å². The van der Waals surface area contributed by atoms with Crippen LogP contribution in [0.2, 0.25) is 0 Å². The highest BCUT2D eigenvalue weighted by Crippen LogP contribution is 2.24. The summed E-state index contributed by atoms with van der Waals surface area (Å²) in [6, 6.07) is 6.43. The van der Waals surface area contributed by atoms with Crippen molar-refractivity contribution in [3.63, 3.8) is 0 Å². The SMILES string of the molecule is CC(CCN)c1ncc(-c2ccc(OC(F)F)cc2)[nH]1. The molecular formula is C14H17F2N3O. The first-order valence-electron chi connectivity index (χ1n) is 6.40. The summed E-state index contributed by atoms with van der Waals surface area (Å²) >= 11 is 0. The molecule has 0 amide bonds. The van der Waals surface area contributed by atoms with Crippen LogP contribution in [0.25, 0.3) is 11.3 Å². The summed E-state index contributed by atoms with van der Waals surface area (Å²) < 4.78 is 28.4. The predicted molar refractivity (Wildman–Crippen MR) is 72.7 cm³/mol. The standard InChI is InChI=1S/C14H17F2N3O/c1-9(6-7-17)13-18-8-12(19-13)10-2-4-11(5-3-10)20-14(15)16/h2-5,8-9,14H,6-7,17H2,1H3,(H,18,19). The number of benzene rings is 1. The molecule has 0 bridgehead atoms. The summed E-state index contributed by atoms with van der Waals surface area (Å²) in [5.41, 5.74) is 7.23. The maximum absolute atomic E-state index is 12.1. The van der Waals surface area contributed by atoms with Crippen LogP contribution in [0.15, 0.2) is 30.5 Å². The fraction of sp³-hybridized carbons (Fsp3) is 0.357. The Bertz CT molecular complexity index is 540. The van der Waals surface area contributed by atoms with Gasteiger partial charge in [-0.2, -0.15) is 8.78 Å². The first-order valence-corrected chi connectivity index (χ1v) is 6.40. The molecule has 1 aromatic carbocycles. The van der Waals surface area contributed by atoms with Gasteiger partial charge in [-0.25, -0.2) is 4.98 Å². The lowest BCUT2D eigenvalue weighted by Crippen LogP contribution is -2.05. The average molecular weight is 281 g/mol. The van der Waals surface area contributed by atoms with Crippen molar-refractivity contribution in [2.75, 3.05) is 6.54 Å². The quantitative estimate of drug-likeness (QED) is 0.855. The molecule has 0 radical (unpaired) electrons. The van der Waals surface area contributed by atoms with Crippen molar-refractivity contribution >= 4 is 0 Å². The molecule has 1 heterocycles. The number of halogens is 2. The Morgan fingerprint density at radius 3 is 2.60 bits per heavy atom. The highest BCUT2D eigenvalue weighted by molar-refractivity contribution is 5.59. The minimum atomic E-state index is -2.81. The molecule has 0 saturated carbocycles. The third-order valence-corrected chi connectivity index (χ3v) is 3.05. The number of H-pyrrole nitrogens is 1. The monoisotopic (exact) mass is 281 g/mol. The van der Waals surface area contributed by atoms with Gasteiger partial charge in [0.2, 0.25) is 0 Å². The molecule has 0 fully saturated rings. The van der Waals surface area contributed by atoms with Crippen molar-refractivity contribution in [1.82, 2.24) is 9.97 Å². The van der Waals surface area contributed by atoms with E-state index in [0.717, 1.165) is 23.5 Å². The Labute approximate surface area is 116 Å². The van der Waals surface area contributed by atoms with Gasteiger partial charge in [0.05, 0.1) is 11.9 Å². The van der Waals surface area contributed by atoms with Crippen molar-refractivity contribution in [1.29, 1.82) is 0 Å². The normalized spacial score (nSPS) is 12.7. The molecule has 2 rings (SSSR count). The van der Waals surface area contributed by atoms with Crippen molar-refractivity contribution in [2.45, 2.75) is 25.9 Å². The zero-order valence-corrected chi connectivity index (χ0v) is 11.1. The number of ether oxygens (including phenoxy) is 1. The first-order chi connectivity index (χ1) is 9.60. The van der Waals surface area contributed by atoms with Crippen molar-refractivity contribution in [2.24, 2.45) is 5.73 Å². The van der Waals surface area contributed by atoms with Gasteiger partial charge in [0.1, 0.15) is 11.6 Å². The molecule has 1 aromatic heterocycles. The van der Waals surface area contributed by atoms with Gasteiger partial charge in [-0.15, -0.1) is 0 Å². The number of rotatable bonds is 6. The molecule has 0 spiro atoms. The van der Waals surface area contributed by atoms with Crippen molar-refractivity contribution in [3.8, 4) is 17.0 Å². The Kier molecular flexibility index (Phi) is 4.68. The van der Waals surface area contributed by atoms with Crippen LogP contribution in [0.1, 0.15) is 25.1 Å². The smallest absolute Gasteiger partial charge is 0.387 e. The van der Waals surface area contributed by atoms with Gasteiger partial charge < -0.3 is 15.5 Å². The molecule has 1 unspecified atom stereocenters. The lowest BCUT2D eigenvalue weighted by molar-refractivity contribution is -0.0498. The zero-order chi connectivity index (χ0) is 14.5. The minimum Gasteiger partial charge on any atom is -0.435 e. The number of nitrogens with one attached hydrogen (secondary N) is 1. The van der Waals surface area contributed by atoms with Crippen molar-refractivity contribution in [3.05, 3.63) is 36.3 Å². The van der Waals surface area contributed by atoms with E-state index in [1.807, 2.05) is 0 Å². The summed E-state index contributed by atoms with van der Waals surface area (Å²) in [6.45, 7) is -0.150. The van der Waals surface area contributed by atoms with E-state index in [9.17, 15) is 8.78 Å². The van der Waals surface area contributed by atoms with Gasteiger partial charge in [-0.1, -0.05) is 6.92 Å². The van der Waals surface area contributed by atoms with Gasteiger partial charge in [0, 0.05) is 5.92 Å². The van der Waals surface area contributed by atoms with E-state index in [-0.39, 0.29) is 11.7 Å². The van der Waals surface area contributed by atoms with Crippen LogP contribution >= 0.6 is 0 Å². The lowest BCUT2D eigenvalue weighted by Gasteiger charge is -2.06. The van der Waals surface area contributed by atoms with Gasteiger partial charge in [0.15, 0.2) is 0 Å². The fourth-order valence-corrected chi connectivity index (χ4v) is 1.94. The van der Waals surface area contributed by atoms with E-state index in [1.54, 1.807) is 18.3 Å². The number of aromatic nitrogens is 2. The Balaban J connectivity index is 2.11. The maximum Gasteiger partial charge on any atom is 0.387 e. The van der Waals surface area contributed by atoms with Gasteiger partial charge >= 0.3 is 6.61 Å². The molecule has 20 heavy (non-hydrogen) atoms. The molecule has 0 aliphatic heterocycles. The Morgan fingerprint density at radius 2 is 2.00 bits per heavy atom. The van der Waals surface area contributed by atoms with E-state index >= 15 is 0 Å². The molecule has 3 N–H and O–H groups in total. The number of hydrogen-bond acceptors (Lipinski definition) is 3. The highest BCUT2D eigenvalue weighted by Gasteiger charge is 2.10. The highest BCUT2D eigenvalue weighted by atomic mass is 19.3. The maximum atomic E-state index is 12.1. The molecule has 6 heteroatoms. The lowest BCUT2D eigenvalue weighted by atomic mass is 10.1. The molecule has 1 atom stereocenters. The van der Waals surface area contributed by atoms with Crippen LogP contribution < -0.4 is 10.5 Å². The van der Waals surface area contributed by atoms with Crippen molar-refractivity contribution < 1.29 is 13.5 Å². The number of hydrogen-bond donors (Lipinski definition) is 2. The van der Waals surface area contributed by atoms with Crippen LogP contribution in [0.3, 0.4) is 0 Å². The minimum absolute atomic E-state index is 0.139. The Hall–Kier alpha value is -1.95. The summed E-state index contributed by atoms with van der Waals surface area (Å²) in [5.74, 6) is 1.27. The third kappa shape index (κ3) is 3.54.